The third-order valence-electron chi connectivity index (χ3n) is 3.13. The van der Waals surface area contributed by atoms with Gasteiger partial charge in [-0.1, -0.05) is 13.8 Å². The molecule has 4 heteroatoms. The lowest BCUT2D eigenvalue weighted by Gasteiger charge is -2.13. The Labute approximate surface area is 102 Å². The highest BCUT2D eigenvalue weighted by Gasteiger charge is 2.22. The fourth-order valence-corrected chi connectivity index (χ4v) is 3.38. The van der Waals surface area contributed by atoms with Crippen LogP contribution < -0.4 is 10.2 Å². The van der Waals surface area contributed by atoms with Gasteiger partial charge < -0.3 is 10.2 Å². The Hall–Kier alpha value is -0.610. The summed E-state index contributed by atoms with van der Waals surface area (Å²) in [6, 6.07) is 0. The van der Waals surface area contributed by atoms with Crippen molar-refractivity contribution >= 4 is 16.5 Å². The lowest BCUT2D eigenvalue weighted by atomic mass is 10.2. The van der Waals surface area contributed by atoms with Crippen LogP contribution in [0.5, 0.6) is 0 Å². The highest BCUT2D eigenvalue weighted by Crippen LogP contribution is 2.30. The van der Waals surface area contributed by atoms with E-state index in [-0.39, 0.29) is 0 Å². The Balaban J connectivity index is 2.15. The SMILES string of the molecule is CCc1nc(N2CCC(C)C2)sc1CNC. The van der Waals surface area contributed by atoms with E-state index in [4.69, 9.17) is 4.98 Å². The topological polar surface area (TPSA) is 28.2 Å². The molecule has 1 saturated heterocycles. The molecule has 1 fully saturated rings. The number of thiazole rings is 1. The number of aromatic nitrogens is 1. The summed E-state index contributed by atoms with van der Waals surface area (Å²) < 4.78 is 0. The summed E-state index contributed by atoms with van der Waals surface area (Å²) in [5.41, 5.74) is 1.27. The van der Waals surface area contributed by atoms with E-state index in [9.17, 15) is 0 Å². The van der Waals surface area contributed by atoms with Crippen molar-refractivity contribution in [2.24, 2.45) is 5.92 Å². The molecule has 90 valence electrons. The van der Waals surface area contributed by atoms with E-state index in [0.29, 0.717) is 0 Å². The van der Waals surface area contributed by atoms with E-state index in [1.165, 1.54) is 35.2 Å². The van der Waals surface area contributed by atoms with E-state index >= 15 is 0 Å². The number of hydrogen-bond acceptors (Lipinski definition) is 4. The molecule has 3 nitrogen and oxygen atoms in total. The van der Waals surface area contributed by atoms with Crippen molar-refractivity contribution in [2.45, 2.75) is 33.2 Å². The molecule has 0 radical (unpaired) electrons. The molecule has 0 bridgehead atoms. The third-order valence-corrected chi connectivity index (χ3v) is 4.29. The molecule has 0 saturated carbocycles. The zero-order valence-corrected chi connectivity index (χ0v) is 11.2. The van der Waals surface area contributed by atoms with Crippen LogP contribution in [0.4, 0.5) is 5.13 Å². The zero-order chi connectivity index (χ0) is 11.5. The van der Waals surface area contributed by atoms with Crippen LogP contribution in [0.15, 0.2) is 0 Å². The minimum Gasteiger partial charge on any atom is -0.348 e. The molecule has 0 amide bonds. The summed E-state index contributed by atoms with van der Waals surface area (Å²) in [4.78, 5) is 8.61. The van der Waals surface area contributed by atoms with Crippen LogP contribution in [0.3, 0.4) is 0 Å². The van der Waals surface area contributed by atoms with Gasteiger partial charge >= 0.3 is 0 Å². The van der Waals surface area contributed by atoms with E-state index in [1.807, 2.05) is 18.4 Å². The standard InChI is InChI=1S/C12H21N3S/c1-4-10-11(7-13-3)16-12(14-10)15-6-5-9(2)8-15/h9,13H,4-8H2,1-3H3. The number of rotatable bonds is 4. The quantitative estimate of drug-likeness (QED) is 0.873. The maximum absolute atomic E-state index is 4.77. The Morgan fingerprint density at radius 3 is 2.94 bits per heavy atom. The minimum absolute atomic E-state index is 0.821. The smallest absolute Gasteiger partial charge is 0.185 e. The molecule has 1 aromatic heterocycles. The van der Waals surface area contributed by atoms with E-state index in [2.05, 4.69) is 24.1 Å². The third kappa shape index (κ3) is 2.38. The first-order valence-corrected chi connectivity index (χ1v) is 6.94. The lowest BCUT2D eigenvalue weighted by Crippen LogP contribution is -2.18. The summed E-state index contributed by atoms with van der Waals surface area (Å²) in [5.74, 6) is 0.821. The van der Waals surface area contributed by atoms with Crippen molar-refractivity contribution < 1.29 is 0 Å². The number of nitrogens with one attached hydrogen (secondary N) is 1. The van der Waals surface area contributed by atoms with Crippen LogP contribution in [-0.4, -0.2) is 25.1 Å². The van der Waals surface area contributed by atoms with E-state index < -0.39 is 0 Å². The molecule has 1 unspecified atom stereocenters. The van der Waals surface area contributed by atoms with Gasteiger partial charge in [0.2, 0.25) is 0 Å². The van der Waals surface area contributed by atoms with Crippen molar-refractivity contribution in [3.05, 3.63) is 10.6 Å². The maximum Gasteiger partial charge on any atom is 0.185 e. The second-order valence-electron chi connectivity index (χ2n) is 4.59. The second kappa shape index (κ2) is 5.15. The fraction of sp³-hybridized carbons (Fsp3) is 0.750. The van der Waals surface area contributed by atoms with Gasteiger partial charge in [-0.2, -0.15) is 0 Å². The Morgan fingerprint density at radius 2 is 2.38 bits per heavy atom. The zero-order valence-electron chi connectivity index (χ0n) is 10.4. The maximum atomic E-state index is 4.77. The predicted octanol–water partition coefficient (Wildman–Crippen LogP) is 2.27. The van der Waals surface area contributed by atoms with Gasteiger partial charge in [0.1, 0.15) is 0 Å². The van der Waals surface area contributed by atoms with E-state index in [1.54, 1.807) is 0 Å². The normalized spacial score (nSPS) is 20.7. The molecule has 1 aromatic rings. The highest BCUT2D eigenvalue weighted by molar-refractivity contribution is 7.15. The van der Waals surface area contributed by atoms with Crippen molar-refractivity contribution in [3.63, 3.8) is 0 Å². The van der Waals surface area contributed by atoms with Crippen LogP contribution in [0.25, 0.3) is 0 Å². The molecule has 0 aromatic carbocycles. The first-order chi connectivity index (χ1) is 7.74. The molecule has 1 aliphatic heterocycles. The van der Waals surface area contributed by atoms with Crippen molar-refractivity contribution in [1.82, 2.24) is 10.3 Å². The van der Waals surface area contributed by atoms with Gasteiger partial charge in [-0.25, -0.2) is 4.98 Å². The van der Waals surface area contributed by atoms with Gasteiger partial charge in [0.15, 0.2) is 5.13 Å². The van der Waals surface area contributed by atoms with Crippen molar-refractivity contribution in [3.8, 4) is 0 Å². The predicted molar refractivity (Wildman–Crippen MR) is 70.2 cm³/mol. The summed E-state index contributed by atoms with van der Waals surface area (Å²) >= 11 is 1.86. The monoisotopic (exact) mass is 239 g/mol. The first-order valence-electron chi connectivity index (χ1n) is 6.12. The van der Waals surface area contributed by atoms with Gasteiger partial charge in [-0.15, -0.1) is 11.3 Å². The lowest BCUT2D eigenvalue weighted by molar-refractivity contribution is 0.659. The molecule has 0 spiro atoms. The van der Waals surface area contributed by atoms with Crippen molar-refractivity contribution in [2.75, 3.05) is 25.0 Å². The fourth-order valence-electron chi connectivity index (χ4n) is 2.19. The minimum atomic E-state index is 0.821. The van der Waals surface area contributed by atoms with Gasteiger partial charge in [0, 0.05) is 24.5 Å². The Bertz CT molecular complexity index is 348. The summed E-state index contributed by atoms with van der Waals surface area (Å²) in [7, 11) is 2.00. The number of aryl methyl sites for hydroxylation is 1. The molecule has 1 atom stereocenters. The molecular weight excluding hydrogens is 218 g/mol. The molecule has 1 aliphatic rings. The summed E-state index contributed by atoms with van der Waals surface area (Å²) in [6.45, 7) is 7.81. The van der Waals surface area contributed by atoms with Crippen molar-refractivity contribution in [1.29, 1.82) is 0 Å². The molecular formula is C12H21N3S. The van der Waals surface area contributed by atoms with Gasteiger partial charge in [0.05, 0.1) is 5.69 Å². The Kier molecular flexibility index (Phi) is 3.82. The van der Waals surface area contributed by atoms with Gasteiger partial charge in [-0.3, -0.25) is 0 Å². The van der Waals surface area contributed by atoms with Crippen LogP contribution in [-0.2, 0) is 13.0 Å². The average molecular weight is 239 g/mol. The van der Waals surface area contributed by atoms with Gasteiger partial charge in [0.25, 0.3) is 0 Å². The molecule has 0 aliphatic carbocycles. The molecule has 2 heterocycles. The summed E-state index contributed by atoms with van der Waals surface area (Å²) in [6.07, 6.45) is 2.35. The number of anilines is 1. The van der Waals surface area contributed by atoms with Gasteiger partial charge in [-0.05, 0) is 25.8 Å². The number of nitrogens with zero attached hydrogens (tertiary/aromatic N) is 2. The highest BCUT2D eigenvalue weighted by atomic mass is 32.1. The van der Waals surface area contributed by atoms with E-state index in [0.717, 1.165) is 18.9 Å². The Morgan fingerprint density at radius 1 is 1.56 bits per heavy atom. The second-order valence-corrected chi connectivity index (χ2v) is 5.65. The van der Waals surface area contributed by atoms with Crippen LogP contribution in [0.2, 0.25) is 0 Å². The summed E-state index contributed by atoms with van der Waals surface area (Å²) in [5, 5.41) is 4.45. The van der Waals surface area contributed by atoms with Crippen LogP contribution >= 0.6 is 11.3 Å². The number of hydrogen-bond donors (Lipinski definition) is 1. The van der Waals surface area contributed by atoms with Crippen LogP contribution in [0.1, 0.15) is 30.8 Å². The first kappa shape index (κ1) is 11.9. The molecule has 16 heavy (non-hydrogen) atoms. The van der Waals surface area contributed by atoms with Crippen LogP contribution in [0, 0.1) is 5.92 Å². The molecule has 1 N–H and O–H groups in total. The molecule has 2 rings (SSSR count). The average Bonchev–Trinajstić information content (AvgIpc) is 2.85. The largest absolute Gasteiger partial charge is 0.348 e.